The van der Waals surface area contributed by atoms with Gasteiger partial charge >= 0.3 is 12.3 Å². The average molecular weight is 550 g/mol. The Hall–Kier alpha value is -4.86. The van der Waals surface area contributed by atoms with E-state index in [4.69, 9.17) is 9.47 Å². The lowest BCUT2D eigenvalue weighted by molar-refractivity contribution is -0.137. The number of ether oxygens (including phenoxy) is 2. The molecule has 1 heterocycles. The van der Waals surface area contributed by atoms with Crippen molar-refractivity contribution in [2.24, 2.45) is 4.99 Å². The van der Waals surface area contributed by atoms with Gasteiger partial charge in [0.2, 0.25) is 5.91 Å². The van der Waals surface area contributed by atoms with Crippen molar-refractivity contribution in [1.29, 1.82) is 0 Å². The maximum absolute atomic E-state index is 12.8. The van der Waals surface area contributed by atoms with Crippen molar-refractivity contribution in [1.82, 2.24) is 4.90 Å². The standard InChI is InChI=1S/C30H26F3N3O4/c1-3-34-28-26(17-18-36(28)29(38)40-24-7-5-4-6-8-24)20(2)39-25-15-13-23(14-16-25)35-27(37)19-21-9-11-22(12-10-21)30(31,32)33/h4-18H,3,19H2,1-2H3,(H,35,37)/b26-20+,34-28+. The van der Waals surface area contributed by atoms with Crippen LogP contribution in [0.25, 0.3) is 0 Å². The van der Waals surface area contributed by atoms with Gasteiger partial charge in [0.25, 0.3) is 0 Å². The number of benzene rings is 3. The Morgan fingerprint density at radius 1 is 0.900 bits per heavy atom. The number of halogens is 3. The van der Waals surface area contributed by atoms with E-state index in [0.717, 1.165) is 12.1 Å². The van der Waals surface area contributed by atoms with E-state index in [1.165, 1.54) is 17.0 Å². The summed E-state index contributed by atoms with van der Waals surface area (Å²) in [5, 5.41) is 2.72. The Bertz CT molecular complexity index is 1450. The van der Waals surface area contributed by atoms with Gasteiger partial charge in [0.1, 0.15) is 23.1 Å². The molecule has 3 aromatic carbocycles. The van der Waals surface area contributed by atoms with Crippen LogP contribution in [-0.4, -0.2) is 29.3 Å². The van der Waals surface area contributed by atoms with Crippen LogP contribution >= 0.6 is 0 Å². The van der Waals surface area contributed by atoms with Crippen LogP contribution in [0, 0.1) is 0 Å². The normalized spacial score (nSPS) is 15.2. The second-order valence-electron chi connectivity index (χ2n) is 8.68. The summed E-state index contributed by atoms with van der Waals surface area (Å²) < 4.78 is 49.6. The van der Waals surface area contributed by atoms with Crippen LogP contribution in [0.4, 0.5) is 23.7 Å². The van der Waals surface area contributed by atoms with Crippen molar-refractivity contribution >= 4 is 23.5 Å². The molecule has 0 aromatic heterocycles. The van der Waals surface area contributed by atoms with Gasteiger partial charge in [0, 0.05) is 18.4 Å². The van der Waals surface area contributed by atoms with E-state index in [2.05, 4.69) is 10.3 Å². The Kier molecular flexibility index (Phi) is 8.68. The number of para-hydroxylation sites is 1. The first-order valence-electron chi connectivity index (χ1n) is 12.4. The summed E-state index contributed by atoms with van der Waals surface area (Å²) in [6.07, 6.45) is -1.82. The van der Waals surface area contributed by atoms with Crippen LogP contribution in [0.1, 0.15) is 25.0 Å². The van der Waals surface area contributed by atoms with E-state index < -0.39 is 17.8 Å². The van der Waals surface area contributed by atoms with Crippen LogP contribution in [-0.2, 0) is 17.4 Å². The molecule has 7 nitrogen and oxygen atoms in total. The smallest absolute Gasteiger partial charge is 0.425 e. The third-order valence-electron chi connectivity index (χ3n) is 5.75. The van der Waals surface area contributed by atoms with Gasteiger partial charge in [0.05, 0.1) is 17.6 Å². The van der Waals surface area contributed by atoms with Gasteiger partial charge in [-0.2, -0.15) is 13.2 Å². The summed E-state index contributed by atoms with van der Waals surface area (Å²) in [6.45, 7) is 4.03. The highest BCUT2D eigenvalue weighted by atomic mass is 19.4. The fourth-order valence-corrected chi connectivity index (χ4v) is 3.84. The molecule has 0 unspecified atom stereocenters. The largest absolute Gasteiger partial charge is 0.461 e. The number of carbonyl (C=O) groups excluding carboxylic acids is 2. The minimum Gasteiger partial charge on any atom is -0.461 e. The summed E-state index contributed by atoms with van der Waals surface area (Å²) in [5.41, 5.74) is 0.807. The maximum Gasteiger partial charge on any atom is 0.425 e. The van der Waals surface area contributed by atoms with Gasteiger partial charge in [-0.25, -0.2) is 9.69 Å². The average Bonchev–Trinajstić information content (AvgIpc) is 3.34. The number of hydrogen-bond donors (Lipinski definition) is 1. The van der Waals surface area contributed by atoms with Crippen LogP contribution in [0.15, 0.2) is 107 Å². The molecule has 0 bridgehead atoms. The molecule has 0 saturated heterocycles. The number of nitrogens with zero attached hydrogens (tertiary/aromatic N) is 2. The van der Waals surface area contributed by atoms with Crippen LogP contribution < -0.4 is 14.8 Å². The number of carbonyl (C=O) groups is 2. The molecule has 2 amide bonds. The first-order chi connectivity index (χ1) is 19.1. The lowest BCUT2D eigenvalue weighted by Gasteiger charge is -2.17. The monoisotopic (exact) mass is 549 g/mol. The number of amidine groups is 1. The minimum absolute atomic E-state index is 0.0727. The van der Waals surface area contributed by atoms with Crippen LogP contribution in [0.5, 0.6) is 11.5 Å². The van der Waals surface area contributed by atoms with Gasteiger partial charge in [0.15, 0.2) is 0 Å². The Balaban J connectivity index is 1.37. The number of anilines is 1. The van der Waals surface area contributed by atoms with Crippen LogP contribution in [0.2, 0.25) is 0 Å². The van der Waals surface area contributed by atoms with E-state index in [9.17, 15) is 22.8 Å². The summed E-state index contributed by atoms with van der Waals surface area (Å²) in [7, 11) is 0. The van der Waals surface area contributed by atoms with Crippen molar-refractivity contribution in [2.75, 3.05) is 11.9 Å². The number of hydrogen-bond acceptors (Lipinski definition) is 5. The Morgan fingerprint density at radius 2 is 1.55 bits per heavy atom. The Morgan fingerprint density at radius 3 is 2.17 bits per heavy atom. The predicted octanol–water partition coefficient (Wildman–Crippen LogP) is 6.99. The molecule has 0 spiro atoms. The predicted molar refractivity (Wildman–Crippen MR) is 145 cm³/mol. The number of alkyl halides is 3. The fourth-order valence-electron chi connectivity index (χ4n) is 3.84. The first kappa shape index (κ1) is 28.2. The minimum atomic E-state index is -4.43. The summed E-state index contributed by atoms with van der Waals surface area (Å²) >= 11 is 0. The summed E-state index contributed by atoms with van der Waals surface area (Å²) in [5.74, 6) is 1.42. The third-order valence-corrected chi connectivity index (χ3v) is 5.75. The highest BCUT2D eigenvalue weighted by Gasteiger charge is 2.30. The number of rotatable bonds is 7. The molecule has 4 rings (SSSR count). The number of amides is 2. The molecule has 0 fully saturated rings. The molecule has 206 valence electrons. The fraction of sp³-hybridized carbons (Fsp3) is 0.167. The second-order valence-corrected chi connectivity index (χ2v) is 8.68. The number of allylic oxidation sites excluding steroid dienone is 1. The molecule has 1 N–H and O–H groups in total. The third kappa shape index (κ3) is 7.16. The molecule has 10 heteroatoms. The maximum atomic E-state index is 12.8. The molecular weight excluding hydrogens is 523 g/mol. The summed E-state index contributed by atoms with van der Waals surface area (Å²) in [4.78, 5) is 30.9. The number of aliphatic imine (C=N–C) groups is 1. The summed E-state index contributed by atoms with van der Waals surface area (Å²) in [6, 6.07) is 19.8. The Labute approximate surface area is 229 Å². The van der Waals surface area contributed by atoms with Crippen molar-refractivity contribution in [3.63, 3.8) is 0 Å². The lowest BCUT2D eigenvalue weighted by atomic mass is 10.1. The van der Waals surface area contributed by atoms with Gasteiger partial charge in [-0.15, -0.1) is 0 Å². The van der Waals surface area contributed by atoms with Gasteiger partial charge in [-0.05, 0) is 74.0 Å². The van der Waals surface area contributed by atoms with Gasteiger partial charge in [-0.3, -0.25) is 9.79 Å². The van der Waals surface area contributed by atoms with Crippen molar-refractivity contribution in [3.8, 4) is 11.5 Å². The highest BCUT2D eigenvalue weighted by Crippen LogP contribution is 2.29. The lowest BCUT2D eigenvalue weighted by Crippen LogP contribution is -2.33. The molecule has 0 saturated carbocycles. The molecule has 1 aliphatic rings. The van der Waals surface area contributed by atoms with E-state index >= 15 is 0 Å². The zero-order chi connectivity index (χ0) is 28.7. The van der Waals surface area contributed by atoms with Crippen molar-refractivity contribution < 1.29 is 32.2 Å². The van der Waals surface area contributed by atoms with Crippen molar-refractivity contribution in [2.45, 2.75) is 26.4 Å². The quantitative estimate of drug-likeness (QED) is 0.322. The molecule has 0 atom stereocenters. The zero-order valence-electron chi connectivity index (χ0n) is 21.7. The van der Waals surface area contributed by atoms with E-state index in [1.807, 2.05) is 13.0 Å². The molecule has 0 aliphatic carbocycles. The first-order valence-corrected chi connectivity index (χ1v) is 12.4. The molecule has 3 aromatic rings. The molecule has 1 aliphatic heterocycles. The second kappa shape index (κ2) is 12.3. The van der Waals surface area contributed by atoms with Crippen LogP contribution in [0.3, 0.4) is 0 Å². The van der Waals surface area contributed by atoms with E-state index in [-0.39, 0.29) is 12.3 Å². The molecular formula is C30H26F3N3O4. The number of nitrogens with one attached hydrogen (secondary N) is 1. The molecule has 40 heavy (non-hydrogen) atoms. The zero-order valence-corrected chi connectivity index (χ0v) is 21.7. The van der Waals surface area contributed by atoms with Gasteiger partial charge in [-0.1, -0.05) is 30.3 Å². The van der Waals surface area contributed by atoms with Gasteiger partial charge < -0.3 is 14.8 Å². The van der Waals surface area contributed by atoms with E-state index in [1.54, 1.807) is 67.7 Å². The topological polar surface area (TPSA) is 80.2 Å². The van der Waals surface area contributed by atoms with Crippen molar-refractivity contribution in [3.05, 3.63) is 114 Å². The molecule has 0 radical (unpaired) electrons. The highest BCUT2D eigenvalue weighted by molar-refractivity contribution is 6.11. The van der Waals surface area contributed by atoms with E-state index in [0.29, 0.717) is 46.5 Å². The SMILES string of the molecule is CC/N=C1\C(=C(/C)Oc2ccc(NC(=O)Cc3ccc(C(F)(F)F)cc3)cc2)C=CN1C(=O)Oc1ccccc1.